The second-order valence-electron chi connectivity index (χ2n) is 5.48. The van der Waals surface area contributed by atoms with Crippen LogP contribution in [0.5, 0.6) is 0 Å². The molecule has 0 aliphatic heterocycles. The van der Waals surface area contributed by atoms with Crippen molar-refractivity contribution in [1.82, 2.24) is 15.5 Å². The summed E-state index contributed by atoms with van der Waals surface area (Å²) in [6.07, 6.45) is 0.130. The number of amides is 3. The lowest BCUT2D eigenvalue weighted by atomic mass is 10.2. The number of hydrogen-bond acceptors (Lipinski definition) is 3. The van der Waals surface area contributed by atoms with E-state index in [0.717, 1.165) is 0 Å². The van der Waals surface area contributed by atoms with E-state index in [1.165, 1.54) is 4.90 Å². The van der Waals surface area contributed by atoms with Gasteiger partial charge < -0.3 is 15.5 Å². The Morgan fingerprint density at radius 3 is 2.35 bits per heavy atom. The number of halogens is 1. The third-order valence-electron chi connectivity index (χ3n) is 2.99. The third kappa shape index (κ3) is 7.15. The monoisotopic (exact) mass is 339 g/mol. The van der Waals surface area contributed by atoms with Gasteiger partial charge in [-0.3, -0.25) is 14.4 Å². The smallest absolute Gasteiger partial charge is 0.251 e. The lowest BCUT2D eigenvalue weighted by molar-refractivity contribution is -0.134. The van der Waals surface area contributed by atoms with Gasteiger partial charge in [0.05, 0.1) is 6.54 Å². The predicted octanol–water partition coefficient (Wildman–Crippen LogP) is 1.44. The Morgan fingerprint density at radius 2 is 1.78 bits per heavy atom. The molecule has 0 heterocycles. The van der Waals surface area contributed by atoms with Crippen molar-refractivity contribution in [1.29, 1.82) is 0 Å². The molecule has 0 radical (unpaired) electrons. The molecule has 0 spiro atoms. The van der Waals surface area contributed by atoms with Crippen LogP contribution in [-0.4, -0.2) is 48.8 Å². The minimum Gasteiger partial charge on any atom is -0.352 e. The molecule has 7 heteroatoms. The van der Waals surface area contributed by atoms with Gasteiger partial charge in [-0.15, -0.1) is 0 Å². The first-order valence-corrected chi connectivity index (χ1v) is 7.74. The molecule has 126 valence electrons. The first kappa shape index (κ1) is 19.0. The van der Waals surface area contributed by atoms with Crippen LogP contribution in [0.1, 0.15) is 30.6 Å². The fourth-order valence-electron chi connectivity index (χ4n) is 1.85. The van der Waals surface area contributed by atoms with Gasteiger partial charge in [0.15, 0.2) is 0 Å². The Morgan fingerprint density at radius 1 is 1.17 bits per heavy atom. The molecule has 0 saturated carbocycles. The largest absolute Gasteiger partial charge is 0.352 e. The summed E-state index contributed by atoms with van der Waals surface area (Å²) in [4.78, 5) is 36.7. The number of nitrogens with one attached hydrogen (secondary N) is 2. The summed E-state index contributed by atoms with van der Waals surface area (Å²) in [6.45, 7) is 3.91. The Bertz CT molecular complexity index is 558. The summed E-state index contributed by atoms with van der Waals surface area (Å²) in [6, 6.07) is 6.51. The normalized spacial score (nSPS) is 10.3. The lowest BCUT2D eigenvalue weighted by Gasteiger charge is -2.18. The molecule has 1 aromatic carbocycles. The van der Waals surface area contributed by atoms with E-state index in [-0.39, 0.29) is 43.3 Å². The van der Waals surface area contributed by atoms with E-state index in [9.17, 15) is 14.4 Å². The Kier molecular flexibility index (Phi) is 7.54. The van der Waals surface area contributed by atoms with Crippen LogP contribution in [-0.2, 0) is 9.59 Å². The van der Waals surface area contributed by atoms with Crippen molar-refractivity contribution in [3.05, 3.63) is 34.9 Å². The molecule has 0 aliphatic rings. The van der Waals surface area contributed by atoms with E-state index in [1.807, 2.05) is 13.8 Å². The van der Waals surface area contributed by atoms with Crippen molar-refractivity contribution in [2.75, 3.05) is 20.1 Å². The van der Waals surface area contributed by atoms with Crippen LogP contribution < -0.4 is 10.6 Å². The molecule has 0 bridgehead atoms. The molecule has 23 heavy (non-hydrogen) atoms. The first-order chi connectivity index (χ1) is 10.8. The molecule has 0 saturated heterocycles. The molecule has 0 unspecified atom stereocenters. The lowest BCUT2D eigenvalue weighted by Crippen LogP contribution is -2.41. The second-order valence-corrected chi connectivity index (χ2v) is 5.92. The summed E-state index contributed by atoms with van der Waals surface area (Å²) >= 11 is 5.76. The fourth-order valence-corrected chi connectivity index (χ4v) is 1.97. The molecular weight excluding hydrogens is 318 g/mol. The first-order valence-electron chi connectivity index (χ1n) is 7.36. The van der Waals surface area contributed by atoms with Gasteiger partial charge >= 0.3 is 0 Å². The minimum atomic E-state index is -0.269. The maximum atomic E-state index is 11.9. The van der Waals surface area contributed by atoms with Gasteiger partial charge in [0.1, 0.15) is 0 Å². The van der Waals surface area contributed by atoms with Crippen molar-refractivity contribution in [3.63, 3.8) is 0 Å². The van der Waals surface area contributed by atoms with Crippen LogP contribution in [0.2, 0.25) is 5.02 Å². The minimum absolute atomic E-state index is 0.00213. The van der Waals surface area contributed by atoms with Crippen LogP contribution in [0.15, 0.2) is 24.3 Å². The Labute approximate surface area is 141 Å². The maximum absolute atomic E-state index is 11.9. The highest BCUT2D eigenvalue weighted by Crippen LogP contribution is 2.09. The number of carbonyl (C=O) groups is 3. The van der Waals surface area contributed by atoms with Gasteiger partial charge in [-0.05, 0) is 38.1 Å². The molecular formula is C16H22ClN3O3. The van der Waals surface area contributed by atoms with E-state index >= 15 is 0 Å². The van der Waals surface area contributed by atoms with Gasteiger partial charge in [0.25, 0.3) is 5.91 Å². The topological polar surface area (TPSA) is 78.5 Å². The molecule has 2 N–H and O–H groups in total. The van der Waals surface area contributed by atoms with E-state index in [1.54, 1.807) is 31.3 Å². The van der Waals surface area contributed by atoms with Gasteiger partial charge in [-0.25, -0.2) is 0 Å². The van der Waals surface area contributed by atoms with E-state index in [2.05, 4.69) is 10.6 Å². The number of nitrogens with zero attached hydrogens (tertiary/aromatic N) is 1. The number of hydrogen-bond donors (Lipinski definition) is 2. The van der Waals surface area contributed by atoms with Crippen LogP contribution in [0.4, 0.5) is 0 Å². The average molecular weight is 340 g/mol. The highest BCUT2D eigenvalue weighted by molar-refractivity contribution is 6.30. The molecule has 1 rings (SSSR count). The van der Waals surface area contributed by atoms with Gasteiger partial charge in [0.2, 0.25) is 11.8 Å². The molecule has 6 nitrogen and oxygen atoms in total. The van der Waals surface area contributed by atoms with Crippen LogP contribution in [0, 0.1) is 0 Å². The van der Waals surface area contributed by atoms with Crippen molar-refractivity contribution >= 4 is 29.3 Å². The second kappa shape index (κ2) is 9.15. The van der Waals surface area contributed by atoms with Crippen LogP contribution in [0.3, 0.4) is 0 Å². The summed E-state index contributed by atoms with van der Waals surface area (Å²) in [5.74, 6) is -0.684. The Hall–Kier alpha value is -2.08. The highest BCUT2D eigenvalue weighted by atomic mass is 35.5. The predicted molar refractivity (Wildman–Crippen MR) is 89.3 cm³/mol. The maximum Gasteiger partial charge on any atom is 0.251 e. The van der Waals surface area contributed by atoms with E-state index in [0.29, 0.717) is 10.6 Å². The molecule has 0 aliphatic carbocycles. The van der Waals surface area contributed by atoms with E-state index < -0.39 is 0 Å². The summed E-state index contributed by atoms with van der Waals surface area (Å²) in [7, 11) is 1.56. The van der Waals surface area contributed by atoms with Crippen molar-refractivity contribution < 1.29 is 14.4 Å². The van der Waals surface area contributed by atoms with Gasteiger partial charge in [-0.1, -0.05) is 11.6 Å². The summed E-state index contributed by atoms with van der Waals surface area (Å²) in [5, 5.41) is 5.93. The molecule has 0 aromatic heterocycles. The van der Waals surface area contributed by atoms with Crippen molar-refractivity contribution in [3.8, 4) is 0 Å². The standard InChI is InChI=1S/C16H22ClN3O3/c1-11(2)19-14(21)10-20(3)15(22)8-9-18-16(23)12-4-6-13(17)7-5-12/h4-7,11H,8-10H2,1-3H3,(H,18,23)(H,19,21). The number of likely N-dealkylation sites (N-methyl/N-ethyl adjacent to an activating group) is 1. The van der Waals surface area contributed by atoms with Crippen LogP contribution in [0.25, 0.3) is 0 Å². The van der Waals surface area contributed by atoms with Crippen LogP contribution >= 0.6 is 11.6 Å². The summed E-state index contributed by atoms with van der Waals surface area (Å²) in [5.41, 5.74) is 0.478. The molecule has 0 fully saturated rings. The zero-order valence-corrected chi connectivity index (χ0v) is 14.3. The fraction of sp³-hybridized carbons (Fsp3) is 0.438. The quantitative estimate of drug-likeness (QED) is 0.789. The van der Waals surface area contributed by atoms with Crippen molar-refractivity contribution in [2.24, 2.45) is 0 Å². The number of rotatable bonds is 7. The molecule has 3 amide bonds. The summed E-state index contributed by atoms with van der Waals surface area (Å²) < 4.78 is 0. The highest BCUT2D eigenvalue weighted by Gasteiger charge is 2.14. The zero-order chi connectivity index (χ0) is 17.4. The Balaban J connectivity index is 2.34. The van der Waals surface area contributed by atoms with E-state index in [4.69, 9.17) is 11.6 Å². The number of carbonyl (C=O) groups excluding carboxylic acids is 3. The molecule has 0 atom stereocenters. The van der Waals surface area contributed by atoms with Crippen molar-refractivity contribution in [2.45, 2.75) is 26.3 Å². The number of benzene rings is 1. The third-order valence-corrected chi connectivity index (χ3v) is 3.24. The van der Waals surface area contributed by atoms with Gasteiger partial charge in [0, 0.05) is 36.6 Å². The van der Waals surface area contributed by atoms with Gasteiger partial charge in [-0.2, -0.15) is 0 Å². The average Bonchev–Trinajstić information content (AvgIpc) is 2.46. The zero-order valence-electron chi connectivity index (χ0n) is 13.6. The molecule has 1 aromatic rings. The SMILES string of the molecule is CC(C)NC(=O)CN(C)C(=O)CCNC(=O)c1ccc(Cl)cc1.